The van der Waals surface area contributed by atoms with Gasteiger partial charge in [-0.25, -0.2) is 4.79 Å². The van der Waals surface area contributed by atoms with Gasteiger partial charge in [0.25, 0.3) is 0 Å². The van der Waals surface area contributed by atoms with Crippen LogP contribution in [0.1, 0.15) is 46.0 Å². The first-order valence-corrected chi connectivity index (χ1v) is 11.2. The number of nitrogens with zero attached hydrogens (tertiary/aromatic N) is 5. The molecule has 0 N–H and O–H groups in total. The van der Waals surface area contributed by atoms with Crippen molar-refractivity contribution in [2.45, 2.75) is 70.1 Å². The van der Waals surface area contributed by atoms with Crippen molar-refractivity contribution in [3.05, 3.63) is 0 Å². The monoisotopic (exact) mass is 391 g/mol. The van der Waals surface area contributed by atoms with Gasteiger partial charge in [0.1, 0.15) is 0 Å². The highest BCUT2D eigenvalue weighted by atomic mass is 16.2. The van der Waals surface area contributed by atoms with Gasteiger partial charge in [0.2, 0.25) is 5.91 Å². The summed E-state index contributed by atoms with van der Waals surface area (Å²) in [6.07, 6.45) is 5.75. The molecule has 7 nitrogen and oxygen atoms in total. The van der Waals surface area contributed by atoms with E-state index < -0.39 is 0 Å². The molecule has 0 aromatic carbocycles. The molecule has 0 saturated carbocycles. The van der Waals surface area contributed by atoms with Crippen molar-refractivity contribution in [3.8, 4) is 0 Å². The number of fused-ring (bicyclic) bond motifs is 2. The maximum Gasteiger partial charge on any atom is 0.320 e. The van der Waals surface area contributed by atoms with Gasteiger partial charge in [0.05, 0.1) is 6.54 Å². The summed E-state index contributed by atoms with van der Waals surface area (Å²) in [6.45, 7) is 10.8. The van der Waals surface area contributed by atoms with E-state index in [2.05, 4.69) is 28.5 Å². The van der Waals surface area contributed by atoms with E-state index in [9.17, 15) is 9.59 Å². The van der Waals surface area contributed by atoms with E-state index >= 15 is 0 Å². The second-order valence-corrected chi connectivity index (χ2v) is 9.43. The molecule has 28 heavy (non-hydrogen) atoms. The molecule has 2 bridgehead atoms. The fourth-order valence-electron chi connectivity index (χ4n) is 5.55. The highest BCUT2D eigenvalue weighted by molar-refractivity contribution is 5.78. The Morgan fingerprint density at radius 3 is 2.36 bits per heavy atom. The van der Waals surface area contributed by atoms with Crippen LogP contribution >= 0.6 is 0 Å². The average Bonchev–Trinajstić information content (AvgIpc) is 3.43. The van der Waals surface area contributed by atoms with Crippen LogP contribution in [0.4, 0.5) is 4.79 Å². The number of likely N-dealkylation sites (N-methyl/N-ethyl adjacent to an activating group) is 1. The molecular weight excluding hydrogens is 354 g/mol. The minimum Gasteiger partial charge on any atom is -0.343 e. The predicted molar refractivity (Wildman–Crippen MR) is 109 cm³/mol. The number of hydrogen-bond donors (Lipinski definition) is 0. The van der Waals surface area contributed by atoms with Crippen molar-refractivity contribution in [1.29, 1.82) is 0 Å². The summed E-state index contributed by atoms with van der Waals surface area (Å²) >= 11 is 0. The Labute approximate surface area is 169 Å². The van der Waals surface area contributed by atoms with E-state index in [0.717, 1.165) is 71.4 Å². The molecule has 4 atom stereocenters. The zero-order chi connectivity index (χ0) is 19.8. The van der Waals surface area contributed by atoms with Crippen LogP contribution < -0.4 is 0 Å². The Balaban J connectivity index is 1.23. The molecule has 0 spiro atoms. The lowest BCUT2D eigenvalue weighted by atomic mass is 10.0. The summed E-state index contributed by atoms with van der Waals surface area (Å²) < 4.78 is 0. The molecule has 4 aliphatic heterocycles. The van der Waals surface area contributed by atoms with E-state index in [1.54, 1.807) is 0 Å². The Bertz CT molecular complexity index is 593. The maximum atomic E-state index is 12.8. The number of hydrogen-bond acceptors (Lipinski definition) is 4. The van der Waals surface area contributed by atoms with Gasteiger partial charge in [-0.2, -0.15) is 0 Å². The third-order valence-electron chi connectivity index (χ3n) is 7.58. The first kappa shape index (κ1) is 20.0. The van der Waals surface area contributed by atoms with Crippen LogP contribution in [0.25, 0.3) is 0 Å². The molecule has 4 aliphatic rings. The highest BCUT2D eigenvalue weighted by Gasteiger charge is 2.47. The van der Waals surface area contributed by atoms with Crippen LogP contribution in [0.15, 0.2) is 0 Å². The smallest absolute Gasteiger partial charge is 0.320 e. The molecule has 0 aromatic rings. The quantitative estimate of drug-likeness (QED) is 0.709. The number of carbonyl (C=O) groups is 2. The Morgan fingerprint density at radius 2 is 1.71 bits per heavy atom. The third kappa shape index (κ3) is 3.88. The molecule has 4 heterocycles. The van der Waals surface area contributed by atoms with Crippen LogP contribution in [0.5, 0.6) is 0 Å². The lowest BCUT2D eigenvalue weighted by molar-refractivity contribution is -0.135. The summed E-state index contributed by atoms with van der Waals surface area (Å²) in [5.74, 6) is 0.241. The van der Waals surface area contributed by atoms with Crippen molar-refractivity contribution < 1.29 is 9.59 Å². The van der Waals surface area contributed by atoms with Crippen LogP contribution in [-0.4, -0.2) is 113 Å². The van der Waals surface area contributed by atoms with E-state index in [1.807, 2.05) is 16.8 Å². The molecule has 2 unspecified atom stereocenters. The number of amides is 3. The number of carbonyl (C=O) groups excluding carboxylic acids is 2. The molecule has 3 amide bonds. The highest BCUT2D eigenvalue weighted by Crippen LogP contribution is 2.34. The molecule has 0 radical (unpaired) electrons. The molecule has 4 fully saturated rings. The Morgan fingerprint density at radius 1 is 1.00 bits per heavy atom. The van der Waals surface area contributed by atoms with E-state index in [-0.39, 0.29) is 11.9 Å². The number of likely N-dealkylation sites (tertiary alicyclic amines) is 3. The summed E-state index contributed by atoms with van der Waals surface area (Å²) in [5.41, 5.74) is 0. The first-order chi connectivity index (χ1) is 13.4. The fraction of sp³-hybridized carbons (Fsp3) is 0.905. The summed E-state index contributed by atoms with van der Waals surface area (Å²) in [4.78, 5) is 35.7. The van der Waals surface area contributed by atoms with Crippen LogP contribution in [0, 0.1) is 0 Å². The maximum absolute atomic E-state index is 12.8. The standard InChI is InChI=1S/C21H37N5O2/c1-16(24-11-10-22(3)20(27)15-24)6-7-17(2)25-13-19-12-18(25)14-26(19)21(28)23-8-4-5-9-23/h16-19H,4-15H2,1-3H3/t16?,17?,18-,19-/m0/s1. The van der Waals surface area contributed by atoms with Gasteiger partial charge in [-0.15, -0.1) is 0 Å². The van der Waals surface area contributed by atoms with Gasteiger partial charge in [-0.3, -0.25) is 14.6 Å². The number of rotatable bonds is 5. The first-order valence-electron chi connectivity index (χ1n) is 11.2. The van der Waals surface area contributed by atoms with E-state index in [0.29, 0.717) is 30.7 Å². The SMILES string of the molecule is CC(CCC(C)N1C[C@@H]2C[C@H]1CN2C(=O)N1CCCC1)N1CCN(C)C(=O)C1. The van der Waals surface area contributed by atoms with Crippen molar-refractivity contribution in [2.75, 3.05) is 52.9 Å². The largest absolute Gasteiger partial charge is 0.343 e. The normalized spacial score (nSPS) is 31.1. The van der Waals surface area contributed by atoms with Crippen LogP contribution in [-0.2, 0) is 4.79 Å². The zero-order valence-corrected chi connectivity index (χ0v) is 17.8. The molecule has 0 aliphatic carbocycles. The van der Waals surface area contributed by atoms with Crippen molar-refractivity contribution in [1.82, 2.24) is 24.5 Å². The van der Waals surface area contributed by atoms with Crippen molar-refractivity contribution in [2.24, 2.45) is 0 Å². The lowest BCUT2D eigenvalue weighted by Gasteiger charge is -2.40. The van der Waals surface area contributed by atoms with Gasteiger partial charge in [0.15, 0.2) is 0 Å². The van der Waals surface area contributed by atoms with Gasteiger partial charge in [0, 0.05) is 70.5 Å². The zero-order valence-electron chi connectivity index (χ0n) is 17.8. The minimum absolute atomic E-state index is 0.241. The predicted octanol–water partition coefficient (Wildman–Crippen LogP) is 1.29. The molecule has 158 valence electrons. The molecule has 4 saturated heterocycles. The van der Waals surface area contributed by atoms with Crippen LogP contribution in [0.3, 0.4) is 0 Å². The van der Waals surface area contributed by atoms with Crippen molar-refractivity contribution in [3.63, 3.8) is 0 Å². The van der Waals surface area contributed by atoms with Gasteiger partial charge >= 0.3 is 6.03 Å². The van der Waals surface area contributed by atoms with Gasteiger partial charge < -0.3 is 14.7 Å². The van der Waals surface area contributed by atoms with Crippen LogP contribution in [0.2, 0.25) is 0 Å². The van der Waals surface area contributed by atoms with Crippen molar-refractivity contribution >= 4 is 11.9 Å². The molecule has 4 rings (SSSR count). The lowest BCUT2D eigenvalue weighted by Crippen LogP contribution is -2.54. The summed E-state index contributed by atoms with van der Waals surface area (Å²) in [5, 5.41) is 0. The number of urea groups is 1. The summed E-state index contributed by atoms with van der Waals surface area (Å²) in [6, 6.07) is 2.23. The van der Waals surface area contributed by atoms with Gasteiger partial charge in [-0.1, -0.05) is 0 Å². The third-order valence-corrected chi connectivity index (χ3v) is 7.58. The minimum atomic E-state index is 0.241. The molecule has 7 heteroatoms. The molecular formula is C21H37N5O2. The van der Waals surface area contributed by atoms with E-state index in [1.165, 1.54) is 0 Å². The number of piperazine rings is 2. The molecule has 0 aromatic heterocycles. The van der Waals surface area contributed by atoms with E-state index in [4.69, 9.17) is 0 Å². The average molecular weight is 392 g/mol. The topological polar surface area (TPSA) is 50.3 Å². The fourth-order valence-corrected chi connectivity index (χ4v) is 5.55. The Hall–Kier alpha value is -1.34. The summed E-state index contributed by atoms with van der Waals surface area (Å²) in [7, 11) is 1.90. The Kier molecular flexibility index (Phi) is 5.83. The second-order valence-electron chi connectivity index (χ2n) is 9.43. The van der Waals surface area contributed by atoms with Gasteiger partial charge in [-0.05, 0) is 46.0 Å². The second kappa shape index (κ2) is 8.19.